The monoisotopic (exact) mass is 340 g/mol. The third-order valence-electron chi connectivity index (χ3n) is 4.49. The van der Waals surface area contributed by atoms with Gasteiger partial charge in [0.05, 0.1) is 6.54 Å². The maximum Gasteiger partial charge on any atom is 0.226 e. The van der Waals surface area contributed by atoms with Gasteiger partial charge in [-0.15, -0.1) is 0 Å². The fourth-order valence-electron chi connectivity index (χ4n) is 3.18. The van der Waals surface area contributed by atoms with Gasteiger partial charge in [0.1, 0.15) is 0 Å². The van der Waals surface area contributed by atoms with Gasteiger partial charge in [-0.2, -0.15) is 5.10 Å². The first kappa shape index (κ1) is 17.2. The highest BCUT2D eigenvalue weighted by molar-refractivity contribution is 5.91. The predicted octanol–water partition coefficient (Wildman–Crippen LogP) is 2.57. The van der Waals surface area contributed by atoms with Gasteiger partial charge in [0, 0.05) is 37.0 Å². The molecular weight excluding hydrogens is 316 g/mol. The second-order valence-corrected chi connectivity index (χ2v) is 6.47. The Kier molecular flexibility index (Phi) is 5.82. The number of carbonyl (C=O) groups excluding carboxylic acids is 2. The minimum atomic E-state index is -0.0945. The van der Waals surface area contributed by atoms with E-state index >= 15 is 0 Å². The summed E-state index contributed by atoms with van der Waals surface area (Å²) in [5.41, 5.74) is 1.83. The van der Waals surface area contributed by atoms with Crippen molar-refractivity contribution in [1.29, 1.82) is 0 Å². The number of anilines is 1. The smallest absolute Gasteiger partial charge is 0.226 e. The van der Waals surface area contributed by atoms with Crippen LogP contribution in [0.25, 0.3) is 0 Å². The SMILES string of the molecule is O=C(CCNC(=O)C1CCCC1)Nc1cccc(Cn2cccn2)c1. The Balaban J connectivity index is 1.43. The van der Waals surface area contributed by atoms with Crippen molar-refractivity contribution in [3.05, 3.63) is 48.3 Å². The van der Waals surface area contributed by atoms with E-state index in [1.807, 2.05) is 41.2 Å². The molecule has 25 heavy (non-hydrogen) atoms. The van der Waals surface area contributed by atoms with Crippen molar-refractivity contribution < 1.29 is 9.59 Å². The highest BCUT2D eigenvalue weighted by Crippen LogP contribution is 2.24. The molecule has 2 aromatic rings. The molecule has 1 aromatic heterocycles. The van der Waals surface area contributed by atoms with Crippen LogP contribution in [0.15, 0.2) is 42.7 Å². The van der Waals surface area contributed by atoms with Gasteiger partial charge < -0.3 is 10.6 Å². The van der Waals surface area contributed by atoms with Gasteiger partial charge >= 0.3 is 0 Å². The molecule has 0 aliphatic heterocycles. The number of hydrogen-bond donors (Lipinski definition) is 2. The molecule has 0 unspecified atom stereocenters. The summed E-state index contributed by atoms with van der Waals surface area (Å²) in [6, 6.07) is 9.60. The zero-order valence-corrected chi connectivity index (χ0v) is 14.3. The van der Waals surface area contributed by atoms with E-state index < -0.39 is 0 Å². The molecule has 2 N–H and O–H groups in total. The van der Waals surface area contributed by atoms with E-state index in [0.29, 0.717) is 13.1 Å². The molecule has 1 aliphatic carbocycles. The summed E-state index contributed by atoms with van der Waals surface area (Å²) in [5, 5.41) is 9.94. The van der Waals surface area contributed by atoms with Crippen molar-refractivity contribution in [2.24, 2.45) is 5.92 Å². The van der Waals surface area contributed by atoms with E-state index in [0.717, 1.165) is 36.9 Å². The molecule has 2 amide bonds. The van der Waals surface area contributed by atoms with E-state index in [-0.39, 0.29) is 24.2 Å². The lowest BCUT2D eigenvalue weighted by molar-refractivity contribution is -0.124. The maximum absolute atomic E-state index is 12.1. The number of nitrogens with zero attached hydrogens (tertiary/aromatic N) is 2. The van der Waals surface area contributed by atoms with Crippen LogP contribution in [-0.4, -0.2) is 28.1 Å². The largest absolute Gasteiger partial charge is 0.355 e. The molecule has 0 bridgehead atoms. The van der Waals surface area contributed by atoms with E-state index in [4.69, 9.17) is 0 Å². The minimum absolute atomic E-state index is 0.0894. The number of hydrogen-bond acceptors (Lipinski definition) is 3. The van der Waals surface area contributed by atoms with Crippen molar-refractivity contribution in [3.63, 3.8) is 0 Å². The van der Waals surface area contributed by atoms with Crippen LogP contribution in [0, 0.1) is 5.92 Å². The molecular formula is C19H24N4O2. The topological polar surface area (TPSA) is 76.0 Å². The van der Waals surface area contributed by atoms with Crippen LogP contribution in [0.3, 0.4) is 0 Å². The molecule has 1 aromatic carbocycles. The number of nitrogens with one attached hydrogen (secondary N) is 2. The van der Waals surface area contributed by atoms with Crippen LogP contribution < -0.4 is 10.6 Å². The lowest BCUT2D eigenvalue weighted by atomic mass is 10.1. The number of carbonyl (C=O) groups is 2. The number of rotatable bonds is 7. The van der Waals surface area contributed by atoms with Gasteiger partial charge in [-0.1, -0.05) is 25.0 Å². The first-order valence-electron chi connectivity index (χ1n) is 8.84. The average Bonchev–Trinajstić information content (AvgIpc) is 3.28. The van der Waals surface area contributed by atoms with E-state index in [1.165, 1.54) is 0 Å². The second kappa shape index (κ2) is 8.46. The van der Waals surface area contributed by atoms with Gasteiger partial charge in [0.15, 0.2) is 0 Å². The van der Waals surface area contributed by atoms with Crippen LogP contribution in [0.2, 0.25) is 0 Å². The summed E-state index contributed by atoms with van der Waals surface area (Å²) >= 11 is 0. The summed E-state index contributed by atoms with van der Waals surface area (Å²) in [7, 11) is 0. The highest BCUT2D eigenvalue weighted by atomic mass is 16.2. The summed E-state index contributed by atoms with van der Waals surface area (Å²) in [5.74, 6) is 0.136. The third-order valence-corrected chi connectivity index (χ3v) is 4.49. The first-order chi connectivity index (χ1) is 12.2. The Morgan fingerprint density at radius 1 is 1.20 bits per heavy atom. The van der Waals surface area contributed by atoms with Crippen LogP contribution in [0.1, 0.15) is 37.7 Å². The van der Waals surface area contributed by atoms with Crippen LogP contribution in [0.4, 0.5) is 5.69 Å². The van der Waals surface area contributed by atoms with Crippen molar-refractivity contribution in [2.45, 2.75) is 38.6 Å². The van der Waals surface area contributed by atoms with Crippen LogP contribution in [0.5, 0.6) is 0 Å². The lowest BCUT2D eigenvalue weighted by Gasteiger charge is -2.11. The van der Waals surface area contributed by atoms with Gasteiger partial charge in [0.25, 0.3) is 0 Å². The second-order valence-electron chi connectivity index (χ2n) is 6.47. The van der Waals surface area contributed by atoms with Gasteiger partial charge in [-0.3, -0.25) is 14.3 Å². The number of amides is 2. The minimum Gasteiger partial charge on any atom is -0.355 e. The zero-order chi connectivity index (χ0) is 17.5. The van der Waals surface area contributed by atoms with Crippen molar-refractivity contribution in [1.82, 2.24) is 15.1 Å². The quantitative estimate of drug-likeness (QED) is 0.813. The Morgan fingerprint density at radius 2 is 2.04 bits per heavy atom. The zero-order valence-electron chi connectivity index (χ0n) is 14.3. The maximum atomic E-state index is 12.1. The van der Waals surface area contributed by atoms with Gasteiger partial charge in [-0.25, -0.2) is 0 Å². The lowest BCUT2D eigenvalue weighted by Crippen LogP contribution is -2.32. The highest BCUT2D eigenvalue weighted by Gasteiger charge is 2.22. The third kappa shape index (κ3) is 5.17. The standard InChI is InChI=1S/C19H24N4O2/c24-18(9-11-20-19(25)16-6-1-2-7-16)22-17-8-3-5-15(13-17)14-23-12-4-10-21-23/h3-5,8,10,12-13,16H,1-2,6-7,9,11,14H2,(H,20,25)(H,22,24). The Morgan fingerprint density at radius 3 is 2.80 bits per heavy atom. The Labute approximate surface area is 147 Å². The van der Waals surface area contributed by atoms with E-state index in [2.05, 4.69) is 15.7 Å². The van der Waals surface area contributed by atoms with Crippen molar-refractivity contribution >= 4 is 17.5 Å². The molecule has 1 heterocycles. The van der Waals surface area contributed by atoms with Crippen LogP contribution in [-0.2, 0) is 16.1 Å². The fraction of sp³-hybridized carbons (Fsp3) is 0.421. The van der Waals surface area contributed by atoms with Gasteiger partial charge in [-0.05, 0) is 36.6 Å². The molecule has 0 spiro atoms. The molecule has 1 aliphatic rings. The molecule has 0 radical (unpaired) electrons. The normalized spacial score (nSPS) is 14.4. The fourth-order valence-corrected chi connectivity index (χ4v) is 3.18. The molecule has 6 nitrogen and oxygen atoms in total. The summed E-state index contributed by atoms with van der Waals surface area (Å²) in [6.07, 6.45) is 8.13. The van der Waals surface area contributed by atoms with E-state index in [9.17, 15) is 9.59 Å². The average molecular weight is 340 g/mol. The van der Waals surface area contributed by atoms with Crippen LogP contribution >= 0.6 is 0 Å². The summed E-state index contributed by atoms with van der Waals surface area (Å²) in [6.45, 7) is 1.04. The Hall–Kier alpha value is -2.63. The first-order valence-corrected chi connectivity index (χ1v) is 8.84. The molecule has 1 fully saturated rings. The number of benzene rings is 1. The molecule has 132 valence electrons. The molecule has 3 rings (SSSR count). The molecule has 6 heteroatoms. The molecule has 0 atom stereocenters. The van der Waals surface area contributed by atoms with Gasteiger partial charge in [0.2, 0.25) is 11.8 Å². The van der Waals surface area contributed by atoms with Crippen molar-refractivity contribution in [2.75, 3.05) is 11.9 Å². The number of aromatic nitrogens is 2. The molecule has 0 saturated heterocycles. The summed E-state index contributed by atoms with van der Waals surface area (Å²) < 4.78 is 1.83. The predicted molar refractivity (Wildman–Crippen MR) is 96.0 cm³/mol. The van der Waals surface area contributed by atoms with Crippen molar-refractivity contribution in [3.8, 4) is 0 Å². The Bertz CT molecular complexity index is 706. The molecule has 1 saturated carbocycles. The summed E-state index contributed by atoms with van der Waals surface area (Å²) in [4.78, 5) is 24.0. The van der Waals surface area contributed by atoms with E-state index in [1.54, 1.807) is 6.20 Å².